The lowest BCUT2D eigenvalue weighted by atomic mass is 10.1. The summed E-state index contributed by atoms with van der Waals surface area (Å²) in [6.07, 6.45) is 0.487. The second-order valence-corrected chi connectivity index (χ2v) is 7.96. The number of carbonyl (C=O) groups is 1. The third-order valence-corrected chi connectivity index (χ3v) is 4.28. The molecule has 0 aliphatic carbocycles. The van der Waals surface area contributed by atoms with Gasteiger partial charge in [0.15, 0.2) is 5.82 Å². The van der Waals surface area contributed by atoms with Gasteiger partial charge in [-0.1, -0.05) is 47.6 Å². The predicted molar refractivity (Wildman–Crippen MR) is 112 cm³/mol. The molecule has 0 saturated heterocycles. The number of aromatic nitrogens is 2. The Kier molecular flexibility index (Phi) is 6.72. The van der Waals surface area contributed by atoms with Crippen LogP contribution in [-0.2, 0) is 17.6 Å². The second kappa shape index (κ2) is 9.43. The first-order valence-corrected chi connectivity index (χ1v) is 9.81. The van der Waals surface area contributed by atoms with Gasteiger partial charge >= 0.3 is 6.09 Å². The molecule has 7 nitrogen and oxygen atoms in total. The van der Waals surface area contributed by atoms with Crippen molar-refractivity contribution in [3.63, 3.8) is 0 Å². The standard InChI is InChI=1S/C23H27N3O4/c1-23(2,3)29-22(27)24-19(14-16-8-6-5-7-9-16)21-25-20(26-30-21)15-17-10-12-18(28-4)13-11-17/h5-13,19H,14-15H2,1-4H3,(H,24,27). The van der Waals surface area contributed by atoms with Crippen molar-refractivity contribution >= 4 is 6.09 Å². The van der Waals surface area contributed by atoms with Crippen LogP contribution in [0, 0.1) is 0 Å². The zero-order valence-corrected chi connectivity index (χ0v) is 17.7. The first-order chi connectivity index (χ1) is 14.3. The number of hydrogen-bond acceptors (Lipinski definition) is 6. The van der Waals surface area contributed by atoms with Gasteiger partial charge in [-0.05, 0) is 44.0 Å². The molecule has 3 aromatic rings. The van der Waals surface area contributed by atoms with Crippen LogP contribution in [-0.4, -0.2) is 28.9 Å². The van der Waals surface area contributed by atoms with Gasteiger partial charge in [0.05, 0.1) is 7.11 Å². The van der Waals surface area contributed by atoms with Gasteiger partial charge in [-0.15, -0.1) is 0 Å². The molecular weight excluding hydrogens is 382 g/mol. The van der Waals surface area contributed by atoms with Crippen molar-refractivity contribution < 1.29 is 18.8 Å². The Morgan fingerprint density at radius 2 is 1.77 bits per heavy atom. The van der Waals surface area contributed by atoms with Crippen molar-refractivity contribution in [3.05, 3.63) is 77.4 Å². The first kappa shape index (κ1) is 21.4. The second-order valence-electron chi connectivity index (χ2n) is 7.96. The Labute approximate surface area is 176 Å². The lowest BCUT2D eigenvalue weighted by Crippen LogP contribution is -2.36. The number of methoxy groups -OCH3 is 1. The van der Waals surface area contributed by atoms with E-state index in [1.165, 1.54) is 0 Å². The van der Waals surface area contributed by atoms with Crippen LogP contribution in [0.25, 0.3) is 0 Å². The number of nitrogens with zero attached hydrogens (tertiary/aromatic N) is 2. The Bertz CT molecular complexity index is 947. The van der Waals surface area contributed by atoms with Crippen LogP contribution in [0.15, 0.2) is 59.1 Å². The van der Waals surface area contributed by atoms with E-state index in [0.717, 1.165) is 16.9 Å². The van der Waals surface area contributed by atoms with Crippen LogP contribution in [0.3, 0.4) is 0 Å². The molecule has 0 saturated carbocycles. The van der Waals surface area contributed by atoms with E-state index in [2.05, 4.69) is 15.5 Å². The molecule has 2 aromatic carbocycles. The molecule has 1 atom stereocenters. The number of benzene rings is 2. The third kappa shape index (κ3) is 6.34. The molecular formula is C23H27N3O4. The van der Waals surface area contributed by atoms with Gasteiger partial charge in [-0.25, -0.2) is 4.79 Å². The molecule has 1 aromatic heterocycles. The number of amides is 1. The molecule has 1 unspecified atom stereocenters. The topological polar surface area (TPSA) is 86.5 Å². The highest BCUT2D eigenvalue weighted by molar-refractivity contribution is 5.68. The van der Waals surface area contributed by atoms with Crippen molar-refractivity contribution in [1.82, 2.24) is 15.5 Å². The lowest BCUT2D eigenvalue weighted by molar-refractivity contribution is 0.0493. The summed E-state index contributed by atoms with van der Waals surface area (Å²) in [7, 11) is 1.63. The molecule has 0 aliphatic rings. The van der Waals surface area contributed by atoms with E-state index < -0.39 is 17.7 Å². The average Bonchev–Trinajstić information content (AvgIpc) is 3.16. The fourth-order valence-electron chi connectivity index (χ4n) is 2.91. The minimum absolute atomic E-state index is 0.341. The number of alkyl carbamates (subject to hydrolysis) is 1. The highest BCUT2D eigenvalue weighted by atomic mass is 16.6. The Balaban J connectivity index is 1.75. The van der Waals surface area contributed by atoms with E-state index in [-0.39, 0.29) is 0 Å². The van der Waals surface area contributed by atoms with Crippen LogP contribution in [0.5, 0.6) is 5.75 Å². The van der Waals surface area contributed by atoms with E-state index >= 15 is 0 Å². The smallest absolute Gasteiger partial charge is 0.408 e. The number of hydrogen-bond donors (Lipinski definition) is 1. The van der Waals surface area contributed by atoms with E-state index in [4.69, 9.17) is 14.0 Å². The molecule has 3 rings (SSSR count). The summed E-state index contributed by atoms with van der Waals surface area (Å²) < 4.78 is 16.1. The van der Waals surface area contributed by atoms with Crippen molar-refractivity contribution in [2.75, 3.05) is 7.11 Å². The Hall–Kier alpha value is -3.35. The van der Waals surface area contributed by atoms with Gasteiger partial charge in [0, 0.05) is 12.8 Å². The van der Waals surface area contributed by atoms with Crippen molar-refractivity contribution in [2.24, 2.45) is 0 Å². The molecule has 0 aliphatic heterocycles. The monoisotopic (exact) mass is 409 g/mol. The highest BCUT2D eigenvalue weighted by Gasteiger charge is 2.25. The van der Waals surface area contributed by atoms with Gasteiger partial charge in [0.25, 0.3) is 0 Å². The molecule has 0 radical (unpaired) electrons. The predicted octanol–water partition coefficient (Wildman–Crippen LogP) is 4.48. The van der Waals surface area contributed by atoms with Gasteiger partial charge in [0.1, 0.15) is 17.4 Å². The summed E-state index contributed by atoms with van der Waals surface area (Å²) in [5.41, 5.74) is 1.46. The molecule has 158 valence electrons. The highest BCUT2D eigenvalue weighted by Crippen LogP contribution is 2.20. The summed E-state index contributed by atoms with van der Waals surface area (Å²) >= 11 is 0. The zero-order chi connectivity index (χ0) is 21.6. The largest absolute Gasteiger partial charge is 0.497 e. The quantitative estimate of drug-likeness (QED) is 0.619. The van der Waals surface area contributed by atoms with E-state index in [1.807, 2.05) is 75.4 Å². The van der Waals surface area contributed by atoms with Crippen molar-refractivity contribution in [3.8, 4) is 5.75 Å². The molecule has 0 bridgehead atoms. The van der Waals surface area contributed by atoms with Gasteiger partial charge in [-0.2, -0.15) is 4.98 Å². The van der Waals surface area contributed by atoms with E-state index in [1.54, 1.807) is 7.11 Å². The van der Waals surface area contributed by atoms with E-state index in [0.29, 0.717) is 24.6 Å². The summed E-state index contributed by atoms with van der Waals surface area (Å²) in [4.78, 5) is 16.9. The van der Waals surface area contributed by atoms with Crippen LogP contribution in [0.1, 0.15) is 49.7 Å². The SMILES string of the molecule is COc1ccc(Cc2noc(C(Cc3ccccc3)NC(=O)OC(C)(C)C)n2)cc1. The van der Waals surface area contributed by atoms with Crippen LogP contribution in [0.2, 0.25) is 0 Å². The van der Waals surface area contributed by atoms with E-state index in [9.17, 15) is 4.79 Å². The molecule has 0 spiro atoms. The first-order valence-electron chi connectivity index (χ1n) is 9.81. The normalized spacial score (nSPS) is 12.3. The van der Waals surface area contributed by atoms with Crippen LogP contribution < -0.4 is 10.1 Å². The summed E-state index contributed by atoms with van der Waals surface area (Å²) in [6.45, 7) is 5.45. The summed E-state index contributed by atoms with van der Waals surface area (Å²) in [5, 5.41) is 6.95. The fourth-order valence-corrected chi connectivity index (χ4v) is 2.91. The zero-order valence-electron chi connectivity index (χ0n) is 17.7. The van der Waals surface area contributed by atoms with Crippen LogP contribution in [0.4, 0.5) is 4.79 Å². The van der Waals surface area contributed by atoms with Gasteiger partial charge in [-0.3, -0.25) is 0 Å². The molecule has 1 amide bonds. The maximum absolute atomic E-state index is 12.4. The van der Waals surface area contributed by atoms with Crippen molar-refractivity contribution in [1.29, 1.82) is 0 Å². The maximum Gasteiger partial charge on any atom is 0.408 e. The van der Waals surface area contributed by atoms with Gasteiger partial charge in [0.2, 0.25) is 5.89 Å². The van der Waals surface area contributed by atoms with Gasteiger partial charge < -0.3 is 19.3 Å². The third-order valence-electron chi connectivity index (χ3n) is 4.28. The number of ether oxygens (including phenoxy) is 2. The molecule has 30 heavy (non-hydrogen) atoms. The molecule has 0 fully saturated rings. The molecule has 1 N–H and O–H groups in total. The number of nitrogens with one attached hydrogen (secondary N) is 1. The minimum Gasteiger partial charge on any atom is -0.497 e. The average molecular weight is 409 g/mol. The lowest BCUT2D eigenvalue weighted by Gasteiger charge is -2.22. The summed E-state index contributed by atoms with van der Waals surface area (Å²) in [5.74, 6) is 1.67. The minimum atomic E-state index is -0.601. The van der Waals surface area contributed by atoms with Crippen molar-refractivity contribution in [2.45, 2.75) is 45.3 Å². The maximum atomic E-state index is 12.4. The van der Waals surface area contributed by atoms with Crippen LogP contribution >= 0.6 is 0 Å². The molecule has 1 heterocycles. The summed E-state index contributed by atoms with van der Waals surface area (Å²) in [6, 6.07) is 17.0. The fraction of sp³-hybridized carbons (Fsp3) is 0.348. The number of carbonyl (C=O) groups excluding carboxylic acids is 1. The Morgan fingerprint density at radius 1 is 1.07 bits per heavy atom. The Morgan fingerprint density at radius 3 is 2.40 bits per heavy atom. The molecule has 7 heteroatoms. The number of rotatable bonds is 7.